The monoisotopic (exact) mass is 610 g/mol. The van der Waals surface area contributed by atoms with Crippen LogP contribution in [0.15, 0.2) is 58.3 Å². The van der Waals surface area contributed by atoms with Crippen molar-refractivity contribution in [2.45, 2.75) is 53.9 Å². The molecule has 4 aromatic rings. The Labute approximate surface area is 229 Å². The molecule has 4 rings (SSSR count). The van der Waals surface area contributed by atoms with Crippen molar-refractivity contribution in [1.29, 1.82) is 0 Å². The van der Waals surface area contributed by atoms with Gasteiger partial charge in [-0.15, -0.1) is 0 Å². The first-order valence-electron chi connectivity index (χ1n) is 12.4. The van der Waals surface area contributed by atoms with Crippen LogP contribution in [0, 0.1) is 0 Å². The van der Waals surface area contributed by atoms with Crippen molar-refractivity contribution in [3.63, 3.8) is 0 Å². The van der Waals surface area contributed by atoms with Gasteiger partial charge >= 0.3 is 11.0 Å². The standard InChI is InChI=1S/C18H8F6O4S2.C9H22N/c19-17(20,21)29(25,26)13-5-9-1-2-10-6-14(30(27,28)18(22,23)24)8-12-4-3-11(7-13)15(9)16(10)12;1-5-7-8-9-10(3,4)6-2/h1-8H;5-9H2,1-4H3/q;+1. The Hall–Kier alpha value is -2.64. The zero-order chi connectivity index (χ0) is 30.3. The number of hydrogen-bond acceptors (Lipinski definition) is 4. The molecule has 0 bridgehead atoms. The molecule has 0 saturated heterocycles. The highest BCUT2D eigenvalue weighted by Gasteiger charge is 2.48. The first-order chi connectivity index (χ1) is 18.3. The SMILES string of the molecule is CCCCC[N+](C)(C)CC.O=S(=O)(c1cc2ccc3cc(S(=O)(=O)C(F)(F)F)cc4ccc(c1)c2c34)C(F)(F)F. The van der Waals surface area contributed by atoms with Crippen LogP contribution in [-0.4, -0.2) is 59.5 Å². The zero-order valence-electron chi connectivity index (χ0n) is 22.3. The van der Waals surface area contributed by atoms with E-state index in [4.69, 9.17) is 0 Å². The molecule has 5 nitrogen and oxygen atoms in total. The van der Waals surface area contributed by atoms with Crippen LogP contribution < -0.4 is 0 Å². The van der Waals surface area contributed by atoms with Gasteiger partial charge in [0, 0.05) is 0 Å². The largest absolute Gasteiger partial charge is 0.501 e. The number of hydrogen-bond donors (Lipinski definition) is 0. The second kappa shape index (κ2) is 11.0. The molecule has 0 fully saturated rings. The van der Waals surface area contributed by atoms with E-state index in [1.165, 1.54) is 61.1 Å². The highest BCUT2D eigenvalue weighted by Crippen LogP contribution is 2.41. The van der Waals surface area contributed by atoms with Gasteiger partial charge in [0.2, 0.25) is 0 Å². The highest BCUT2D eigenvalue weighted by molar-refractivity contribution is 7.92. The molecule has 0 aromatic heterocycles. The number of sulfone groups is 2. The van der Waals surface area contributed by atoms with Gasteiger partial charge in [-0.05, 0) is 76.3 Å². The number of unbranched alkanes of at least 4 members (excludes halogenated alkanes) is 2. The van der Waals surface area contributed by atoms with E-state index < -0.39 is 40.5 Å². The number of benzene rings is 4. The fourth-order valence-corrected chi connectivity index (χ4v) is 5.97. The van der Waals surface area contributed by atoms with Gasteiger partial charge in [-0.1, -0.05) is 37.6 Å². The average molecular weight is 611 g/mol. The van der Waals surface area contributed by atoms with Crippen LogP contribution in [0.1, 0.15) is 33.1 Å². The molecule has 0 aliphatic carbocycles. The predicted molar refractivity (Wildman–Crippen MR) is 144 cm³/mol. The highest BCUT2D eigenvalue weighted by atomic mass is 32.2. The fourth-order valence-electron chi connectivity index (χ4n) is 4.31. The summed E-state index contributed by atoms with van der Waals surface area (Å²) >= 11 is 0. The van der Waals surface area contributed by atoms with Crippen LogP contribution in [0.5, 0.6) is 0 Å². The lowest BCUT2D eigenvalue weighted by molar-refractivity contribution is -0.888. The van der Waals surface area contributed by atoms with Gasteiger partial charge in [0.15, 0.2) is 0 Å². The topological polar surface area (TPSA) is 68.3 Å². The second-order valence-corrected chi connectivity index (χ2v) is 14.1. The van der Waals surface area contributed by atoms with Crippen LogP contribution in [-0.2, 0) is 19.7 Å². The maximum absolute atomic E-state index is 12.9. The smallest absolute Gasteiger partial charge is 0.329 e. The van der Waals surface area contributed by atoms with E-state index in [1.54, 1.807) is 0 Å². The molecular weight excluding hydrogens is 580 g/mol. The molecule has 40 heavy (non-hydrogen) atoms. The van der Waals surface area contributed by atoms with Crippen molar-refractivity contribution in [2.75, 3.05) is 27.2 Å². The van der Waals surface area contributed by atoms with Crippen LogP contribution >= 0.6 is 0 Å². The quantitative estimate of drug-likeness (QED) is 0.0944. The minimum absolute atomic E-state index is 0.111. The van der Waals surface area contributed by atoms with E-state index in [0.29, 0.717) is 10.8 Å². The van der Waals surface area contributed by atoms with Gasteiger partial charge in [-0.25, -0.2) is 16.8 Å². The molecule has 0 amide bonds. The maximum atomic E-state index is 12.9. The van der Waals surface area contributed by atoms with E-state index >= 15 is 0 Å². The molecule has 0 radical (unpaired) electrons. The predicted octanol–water partition coefficient (Wildman–Crippen LogP) is 7.44. The third-order valence-electron chi connectivity index (χ3n) is 6.93. The Morgan fingerprint density at radius 3 is 1.20 bits per heavy atom. The van der Waals surface area contributed by atoms with E-state index in [9.17, 15) is 43.2 Å². The summed E-state index contributed by atoms with van der Waals surface area (Å²) in [6.07, 6.45) is 4.11. The van der Waals surface area contributed by atoms with Crippen molar-refractivity contribution < 1.29 is 47.7 Å². The Balaban J connectivity index is 0.000000378. The number of rotatable bonds is 7. The van der Waals surface area contributed by atoms with Crippen molar-refractivity contribution in [2.24, 2.45) is 0 Å². The van der Waals surface area contributed by atoms with Gasteiger partial charge in [0.05, 0.1) is 37.0 Å². The van der Waals surface area contributed by atoms with Crippen LogP contribution in [0.3, 0.4) is 0 Å². The van der Waals surface area contributed by atoms with Gasteiger partial charge < -0.3 is 4.48 Å². The summed E-state index contributed by atoms with van der Waals surface area (Å²) in [5.41, 5.74) is -11.0. The Kier molecular flexibility index (Phi) is 8.75. The molecule has 0 spiro atoms. The lowest BCUT2D eigenvalue weighted by atomic mass is 9.94. The summed E-state index contributed by atoms with van der Waals surface area (Å²) in [7, 11) is -6.62. The lowest BCUT2D eigenvalue weighted by Gasteiger charge is -2.27. The molecule has 220 valence electrons. The third kappa shape index (κ3) is 6.15. The van der Waals surface area contributed by atoms with Crippen molar-refractivity contribution >= 4 is 52.0 Å². The van der Waals surface area contributed by atoms with Crippen molar-refractivity contribution in [1.82, 2.24) is 0 Å². The molecule has 0 saturated carbocycles. The lowest BCUT2D eigenvalue weighted by Crippen LogP contribution is -2.39. The Morgan fingerprint density at radius 2 is 0.950 bits per heavy atom. The summed E-state index contributed by atoms with van der Waals surface area (Å²) in [5.74, 6) is 0. The number of quaternary nitrogens is 1. The molecule has 0 unspecified atom stereocenters. The summed E-state index contributed by atoms with van der Waals surface area (Å²) in [5, 5.41) is 1.06. The van der Waals surface area contributed by atoms with E-state index in [-0.39, 0.29) is 21.5 Å². The summed E-state index contributed by atoms with van der Waals surface area (Å²) in [6.45, 7) is 7.10. The Bertz CT molecular complexity index is 1540. The molecule has 0 heterocycles. The van der Waals surface area contributed by atoms with Crippen LogP contribution in [0.2, 0.25) is 0 Å². The van der Waals surface area contributed by atoms with E-state index in [2.05, 4.69) is 27.9 Å². The minimum Gasteiger partial charge on any atom is -0.329 e. The number of alkyl halides is 6. The van der Waals surface area contributed by atoms with Gasteiger partial charge in [-0.3, -0.25) is 0 Å². The molecule has 0 N–H and O–H groups in total. The summed E-state index contributed by atoms with van der Waals surface area (Å²) < 4.78 is 126. The molecule has 13 heteroatoms. The first-order valence-corrected chi connectivity index (χ1v) is 15.4. The molecular formula is C27H30F6NO4S2+. The fraction of sp³-hybridized carbons (Fsp3) is 0.407. The molecule has 0 atom stereocenters. The van der Waals surface area contributed by atoms with E-state index in [0.717, 1.165) is 24.3 Å². The average Bonchev–Trinajstić information content (AvgIpc) is 2.86. The molecule has 0 aliphatic rings. The molecule has 0 aliphatic heterocycles. The van der Waals surface area contributed by atoms with Gasteiger partial charge in [-0.2, -0.15) is 26.3 Å². The number of nitrogens with zero attached hydrogens (tertiary/aromatic N) is 1. The zero-order valence-corrected chi connectivity index (χ0v) is 24.0. The normalized spacial score (nSPS) is 13.7. The minimum atomic E-state index is -5.61. The maximum Gasteiger partial charge on any atom is 0.501 e. The van der Waals surface area contributed by atoms with Crippen molar-refractivity contribution in [3.8, 4) is 0 Å². The third-order valence-corrected chi connectivity index (χ3v) is 9.87. The van der Waals surface area contributed by atoms with E-state index in [1.807, 2.05) is 0 Å². The van der Waals surface area contributed by atoms with Crippen molar-refractivity contribution in [3.05, 3.63) is 48.5 Å². The van der Waals surface area contributed by atoms with Crippen LogP contribution in [0.4, 0.5) is 26.3 Å². The van der Waals surface area contributed by atoms with Gasteiger partial charge in [0.25, 0.3) is 19.7 Å². The molecule has 4 aromatic carbocycles. The van der Waals surface area contributed by atoms with Crippen LogP contribution in [0.25, 0.3) is 32.3 Å². The Morgan fingerprint density at radius 1 is 0.625 bits per heavy atom. The first kappa shape index (κ1) is 31.9. The summed E-state index contributed by atoms with van der Waals surface area (Å²) in [6, 6.07) is 8.20. The number of halogens is 6. The second-order valence-electron chi connectivity index (χ2n) is 10.2. The summed E-state index contributed by atoms with van der Waals surface area (Å²) in [4.78, 5) is -1.94. The van der Waals surface area contributed by atoms with Gasteiger partial charge in [0.1, 0.15) is 0 Å².